The third-order valence-corrected chi connectivity index (χ3v) is 8.20. The lowest BCUT2D eigenvalue weighted by atomic mass is 9.53. The third kappa shape index (κ3) is 4.47. The number of carbonyl (C=O) groups excluding carboxylic acids is 1. The van der Waals surface area contributed by atoms with E-state index in [0.29, 0.717) is 0 Å². The van der Waals surface area contributed by atoms with Crippen LogP contribution in [0.15, 0.2) is 30.3 Å². The number of benzene rings is 1. The molecule has 6 rings (SSSR count). The van der Waals surface area contributed by atoms with E-state index in [2.05, 4.69) is 20.4 Å². The van der Waals surface area contributed by atoms with E-state index in [9.17, 15) is 9.18 Å². The Morgan fingerprint density at radius 1 is 1.19 bits per heavy atom. The van der Waals surface area contributed by atoms with Crippen LogP contribution in [0.2, 0.25) is 0 Å². The second-order valence-electron chi connectivity index (χ2n) is 10.7. The zero-order valence-electron chi connectivity index (χ0n) is 19.2. The van der Waals surface area contributed by atoms with Gasteiger partial charge in [-0.3, -0.25) is 14.8 Å². The second-order valence-corrected chi connectivity index (χ2v) is 10.7. The molecule has 0 aliphatic heterocycles. The number of rotatable bonds is 8. The number of H-pyrrole nitrogens is 1. The highest BCUT2D eigenvalue weighted by Gasteiger charge is 2.51. The Morgan fingerprint density at radius 3 is 2.44 bits per heavy atom. The van der Waals surface area contributed by atoms with Gasteiger partial charge in [0.15, 0.2) is 0 Å². The molecule has 4 saturated carbocycles. The summed E-state index contributed by atoms with van der Waals surface area (Å²) < 4.78 is 13.1. The van der Waals surface area contributed by atoms with E-state index in [0.717, 1.165) is 54.1 Å². The van der Waals surface area contributed by atoms with E-state index in [1.54, 1.807) is 12.1 Å². The molecule has 6 heteroatoms. The maximum Gasteiger partial charge on any atom is 0.237 e. The summed E-state index contributed by atoms with van der Waals surface area (Å²) in [6, 6.07) is 8.29. The standard InChI is InChI=1S/C26H35FN4O/c1-17(25(32)28-26-14-18-10-19(15-26)12-20(11-18)16-26)31(2)9-3-4-23-13-24(30-29-23)21-5-7-22(27)8-6-21/h5-8,13,17-20H,3-4,9-12,14-16H2,1-2H3,(H,28,32)(H,29,30). The van der Waals surface area contributed by atoms with Crippen LogP contribution >= 0.6 is 0 Å². The number of nitrogens with one attached hydrogen (secondary N) is 2. The normalized spacial score (nSPS) is 29.4. The molecule has 32 heavy (non-hydrogen) atoms. The van der Waals surface area contributed by atoms with Crippen molar-refractivity contribution >= 4 is 5.91 Å². The van der Waals surface area contributed by atoms with Crippen molar-refractivity contribution in [3.63, 3.8) is 0 Å². The molecular formula is C26H35FN4O. The molecule has 5 nitrogen and oxygen atoms in total. The molecule has 2 N–H and O–H groups in total. The number of amides is 1. The summed E-state index contributed by atoms with van der Waals surface area (Å²) in [6.07, 6.45) is 9.55. The highest BCUT2D eigenvalue weighted by molar-refractivity contribution is 5.82. The average Bonchev–Trinajstić information content (AvgIpc) is 3.21. The first kappa shape index (κ1) is 21.6. The Morgan fingerprint density at radius 2 is 1.81 bits per heavy atom. The first-order valence-electron chi connectivity index (χ1n) is 12.2. The fourth-order valence-electron chi connectivity index (χ4n) is 6.80. The van der Waals surface area contributed by atoms with Gasteiger partial charge >= 0.3 is 0 Å². The van der Waals surface area contributed by atoms with Crippen LogP contribution in [0, 0.1) is 23.6 Å². The van der Waals surface area contributed by atoms with Gasteiger partial charge in [0, 0.05) is 16.8 Å². The van der Waals surface area contributed by atoms with Gasteiger partial charge in [-0.1, -0.05) is 0 Å². The predicted octanol–water partition coefficient (Wildman–Crippen LogP) is 4.55. The molecule has 0 radical (unpaired) electrons. The molecular weight excluding hydrogens is 403 g/mol. The van der Waals surface area contributed by atoms with E-state index >= 15 is 0 Å². The van der Waals surface area contributed by atoms with Gasteiger partial charge in [0.2, 0.25) is 5.91 Å². The fourth-order valence-corrected chi connectivity index (χ4v) is 6.80. The number of hydrogen-bond acceptors (Lipinski definition) is 3. The Hall–Kier alpha value is -2.21. The molecule has 1 unspecified atom stereocenters. The lowest BCUT2D eigenvalue weighted by Gasteiger charge is -2.57. The maximum atomic E-state index is 13.1. The van der Waals surface area contributed by atoms with Crippen molar-refractivity contribution in [2.75, 3.05) is 13.6 Å². The number of nitrogens with zero attached hydrogens (tertiary/aromatic N) is 2. The van der Waals surface area contributed by atoms with Crippen molar-refractivity contribution in [2.45, 2.75) is 69.9 Å². The van der Waals surface area contributed by atoms with Gasteiger partial charge in [0.25, 0.3) is 0 Å². The Bertz CT molecular complexity index is 918. The zero-order valence-corrected chi connectivity index (χ0v) is 19.2. The van der Waals surface area contributed by atoms with Crippen LogP contribution in [0.3, 0.4) is 0 Å². The fraction of sp³-hybridized carbons (Fsp3) is 0.615. The van der Waals surface area contributed by atoms with Crippen molar-refractivity contribution < 1.29 is 9.18 Å². The molecule has 4 fully saturated rings. The maximum absolute atomic E-state index is 13.1. The SMILES string of the molecule is CC(C(=O)NC12CC3CC(CC(C3)C1)C2)N(C)CCCc1cc(-c2ccc(F)cc2)n[nH]1. The van der Waals surface area contributed by atoms with Gasteiger partial charge in [-0.25, -0.2) is 4.39 Å². The second kappa shape index (κ2) is 8.62. The highest BCUT2D eigenvalue weighted by atomic mass is 19.1. The minimum atomic E-state index is -0.242. The van der Waals surface area contributed by atoms with E-state index in [-0.39, 0.29) is 23.3 Å². The molecule has 4 aliphatic rings. The lowest BCUT2D eigenvalue weighted by Crippen LogP contribution is -2.62. The Labute approximate surface area is 190 Å². The summed E-state index contributed by atoms with van der Waals surface area (Å²) >= 11 is 0. The molecule has 4 aliphatic carbocycles. The quantitative estimate of drug-likeness (QED) is 0.635. The first-order valence-corrected chi connectivity index (χ1v) is 12.2. The highest BCUT2D eigenvalue weighted by Crippen LogP contribution is 2.55. The number of carbonyl (C=O) groups is 1. The van der Waals surface area contributed by atoms with E-state index in [1.165, 1.54) is 50.7 Å². The topological polar surface area (TPSA) is 61.0 Å². The monoisotopic (exact) mass is 438 g/mol. The van der Waals surface area contributed by atoms with Crippen molar-refractivity contribution in [1.29, 1.82) is 0 Å². The number of aromatic nitrogens is 2. The summed E-state index contributed by atoms with van der Waals surface area (Å²) in [6.45, 7) is 2.87. The molecule has 1 aromatic carbocycles. The molecule has 4 bridgehead atoms. The minimum absolute atomic E-state index is 0.0770. The van der Waals surface area contributed by atoms with Crippen LogP contribution in [0.5, 0.6) is 0 Å². The summed E-state index contributed by atoms with van der Waals surface area (Å²) in [7, 11) is 2.04. The van der Waals surface area contributed by atoms with Crippen molar-refractivity contribution in [3.8, 4) is 11.3 Å². The van der Waals surface area contributed by atoms with Gasteiger partial charge in [-0.15, -0.1) is 0 Å². The first-order chi connectivity index (χ1) is 15.4. The van der Waals surface area contributed by atoms with Gasteiger partial charge < -0.3 is 5.32 Å². The molecule has 1 heterocycles. The zero-order chi connectivity index (χ0) is 22.3. The summed E-state index contributed by atoms with van der Waals surface area (Å²) in [5.41, 5.74) is 2.87. The largest absolute Gasteiger partial charge is 0.349 e. The van der Waals surface area contributed by atoms with Gasteiger partial charge in [-0.05, 0) is 120 Å². The van der Waals surface area contributed by atoms with Crippen LogP contribution in [0.4, 0.5) is 4.39 Å². The summed E-state index contributed by atoms with van der Waals surface area (Å²) in [4.78, 5) is 15.3. The summed E-state index contributed by atoms with van der Waals surface area (Å²) in [5.74, 6) is 2.46. The molecule has 0 saturated heterocycles. The minimum Gasteiger partial charge on any atom is -0.349 e. The Balaban J connectivity index is 1.10. The molecule has 1 aromatic heterocycles. The van der Waals surface area contributed by atoms with Crippen LogP contribution in [-0.4, -0.2) is 46.2 Å². The predicted molar refractivity (Wildman–Crippen MR) is 123 cm³/mol. The number of aromatic amines is 1. The molecule has 1 atom stereocenters. The van der Waals surface area contributed by atoms with Crippen LogP contribution in [0.25, 0.3) is 11.3 Å². The van der Waals surface area contributed by atoms with Gasteiger partial charge in [0.05, 0.1) is 11.7 Å². The van der Waals surface area contributed by atoms with Crippen LogP contribution in [-0.2, 0) is 11.2 Å². The Kier molecular flexibility index (Phi) is 5.82. The van der Waals surface area contributed by atoms with E-state index < -0.39 is 0 Å². The van der Waals surface area contributed by atoms with Crippen molar-refractivity contribution in [2.24, 2.45) is 17.8 Å². The van der Waals surface area contributed by atoms with Crippen molar-refractivity contribution in [1.82, 2.24) is 20.4 Å². The van der Waals surface area contributed by atoms with Crippen LogP contribution in [0.1, 0.15) is 57.6 Å². The molecule has 2 aromatic rings. The number of hydrogen-bond donors (Lipinski definition) is 2. The average molecular weight is 439 g/mol. The van der Waals surface area contributed by atoms with E-state index in [4.69, 9.17) is 0 Å². The lowest BCUT2D eigenvalue weighted by molar-refractivity contribution is -0.131. The summed E-state index contributed by atoms with van der Waals surface area (Å²) in [5, 5.41) is 11.0. The molecule has 0 spiro atoms. The van der Waals surface area contributed by atoms with Gasteiger partial charge in [0.1, 0.15) is 5.82 Å². The third-order valence-electron chi connectivity index (χ3n) is 8.20. The smallest absolute Gasteiger partial charge is 0.237 e. The number of aryl methyl sites for hydroxylation is 1. The molecule has 1 amide bonds. The number of halogens is 1. The molecule has 172 valence electrons. The van der Waals surface area contributed by atoms with Gasteiger partial charge in [-0.2, -0.15) is 5.10 Å². The van der Waals surface area contributed by atoms with Crippen molar-refractivity contribution in [3.05, 3.63) is 41.8 Å². The van der Waals surface area contributed by atoms with Crippen LogP contribution < -0.4 is 5.32 Å². The van der Waals surface area contributed by atoms with E-state index in [1.807, 2.05) is 20.0 Å². The number of likely N-dealkylation sites (N-methyl/N-ethyl adjacent to an activating group) is 1.